The summed E-state index contributed by atoms with van der Waals surface area (Å²) in [5.74, 6) is 1.19. The van der Waals surface area contributed by atoms with Crippen LogP contribution in [0.15, 0.2) is 78.0 Å². The number of nitrogens with zero attached hydrogens (tertiary/aromatic N) is 5. The second-order valence-electron chi connectivity index (χ2n) is 11.1. The third kappa shape index (κ3) is 6.80. The van der Waals surface area contributed by atoms with Gasteiger partial charge in [0.25, 0.3) is 0 Å². The molecule has 6 rings (SSSR count). The Morgan fingerprint density at radius 1 is 1.09 bits per heavy atom. The van der Waals surface area contributed by atoms with Crippen LogP contribution >= 0.6 is 11.8 Å². The number of amidine groups is 1. The molecule has 44 heavy (non-hydrogen) atoms. The number of amides is 1. The number of hydrogen-bond donors (Lipinski definition) is 0. The number of alkyl halides is 3. The molecule has 0 bridgehead atoms. The molecule has 1 aliphatic heterocycles. The molecule has 2 fully saturated rings. The smallest absolute Gasteiger partial charge is 0.406 e. The first kappa shape index (κ1) is 29.9. The van der Waals surface area contributed by atoms with Crippen LogP contribution in [0.4, 0.5) is 23.2 Å². The van der Waals surface area contributed by atoms with E-state index in [2.05, 4.69) is 19.8 Å². The third-order valence-corrected chi connectivity index (χ3v) is 8.64. The maximum absolute atomic E-state index is 13.9. The van der Waals surface area contributed by atoms with Crippen molar-refractivity contribution in [3.63, 3.8) is 0 Å². The van der Waals surface area contributed by atoms with Crippen molar-refractivity contribution in [1.29, 1.82) is 0 Å². The number of anilines is 1. The molecule has 2 unspecified atom stereocenters. The summed E-state index contributed by atoms with van der Waals surface area (Å²) in [6.07, 6.45) is -1.98. The number of rotatable bonds is 8. The van der Waals surface area contributed by atoms with Crippen LogP contribution < -0.4 is 9.64 Å². The van der Waals surface area contributed by atoms with Crippen LogP contribution in [0.25, 0.3) is 17.1 Å². The SMILES string of the molecule is CC(C)c1cc(F)ccc1N1CCSC1=NC(=O)CC1CC1c1ccc(-c2ncn(-c3ccc(OC(F)(F)F)cc3)n2)cc1. The first-order valence-electron chi connectivity index (χ1n) is 14.2. The second kappa shape index (κ2) is 12.1. The predicted octanol–water partition coefficient (Wildman–Crippen LogP) is 7.73. The number of ether oxygens (including phenoxy) is 1. The van der Waals surface area contributed by atoms with Gasteiger partial charge in [-0.15, -0.1) is 18.3 Å². The van der Waals surface area contributed by atoms with Gasteiger partial charge in [-0.2, -0.15) is 4.99 Å². The normalized spacial score (nSPS) is 19.2. The highest BCUT2D eigenvalue weighted by molar-refractivity contribution is 8.14. The molecule has 1 aliphatic carbocycles. The topological polar surface area (TPSA) is 72.6 Å². The molecule has 1 amide bonds. The van der Waals surface area contributed by atoms with Gasteiger partial charge in [0.15, 0.2) is 11.0 Å². The molecular formula is C32H29F4N5O2S. The molecule has 1 aromatic heterocycles. The van der Waals surface area contributed by atoms with E-state index in [1.807, 2.05) is 43.0 Å². The minimum atomic E-state index is -4.75. The number of benzene rings is 3. The maximum Gasteiger partial charge on any atom is 0.573 e. The minimum absolute atomic E-state index is 0.135. The number of carbonyl (C=O) groups is 1. The Morgan fingerprint density at radius 2 is 1.84 bits per heavy atom. The largest absolute Gasteiger partial charge is 0.573 e. The lowest BCUT2D eigenvalue weighted by Gasteiger charge is -2.23. The van der Waals surface area contributed by atoms with Crippen LogP contribution in [-0.4, -0.2) is 44.5 Å². The molecule has 2 aliphatic rings. The van der Waals surface area contributed by atoms with Gasteiger partial charge in [0.1, 0.15) is 17.9 Å². The van der Waals surface area contributed by atoms with E-state index < -0.39 is 6.36 Å². The van der Waals surface area contributed by atoms with Crippen molar-refractivity contribution in [3.05, 3.63) is 90.0 Å². The van der Waals surface area contributed by atoms with Crippen molar-refractivity contribution >= 4 is 28.5 Å². The molecule has 0 spiro atoms. The average Bonchev–Trinajstić information content (AvgIpc) is 3.33. The van der Waals surface area contributed by atoms with Crippen LogP contribution in [0.1, 0.15) is 49.7 Å². The predicted molar refractivity (Wildman–Crippen MR) is 162 cm³/mol. The van der Waals surface area contributed by atoms with E-state index in [1.165, 1.54) is 41.3 Å². The number of thioether (sulfide) groups is 1. The molecule has 1 saturated heterocycles. The summed E-state index contributed by atoms with van der Waals surface area (Å²) < 4.78 is 56.5. The van der Waals surface area contributed by atoms with Gasteiger partial charge in [0.2, 0.25) is 5.91 Å². The standard InChI is InChI=1S/C32H29F4N5O2S/c1-19(2)26-17-23(33)7-12-28(26)40-13-14-44-31(40)38-29(42)16-22-15-27(22)20-3-5-21(6-4-20)30-37-18-41(39-30)24-8-10-25(11-9-24)43-32(34,35)36/h3-12,17-19,22,27H,13-16H2,1-2H3. The van der Waals surface area contributed by atoms with E-state index in [0.717, 1.165) is 41.1 Å². The summed E-state index contributed by atoms with van der Waals surface area (Å²) in [7, 11) is 0. The quantitative estimate of drug-likeness (QED) is 0.187. The van der Waals surface area contributed by atoms with E-state index in [4.69, 9.17) is 0 Å². The highest BCUT2D eigenvalue weighted by Crippen LogP contribution is 2.50. The summed E-state index contributed by atoms with van der Waals surface area (Å²) in [5, 5.41) is 5.12. The average molecular weight is 624 g/mol. The minimum Gasteiger partial charge on any atom is -0.406 e. The number of aliphatic imine (C=N–C) groups is 1. The van der Waals surface area contributed by atoms with Crippen LogP contribution in [0.3, 0.4) is 0 Å². The number of carbonyl (C=O) groups excluding carboxylic acids is 1. The lowest BCUT2D eigenvalue weighted by molar-refractivity contribution is -0.274. The summed E-state index contributed by atoms with van der Waals surface area (Å²) in [6.45, 7) is 4.77. The van der Waals surface area contributed by atoms with Crippen LogP contribution in [0, 0.1) is 11.7 Å². The second-order valence-corrected chi connectivity index (χ2v) is 12.2. The van der Waals surface area contributed by atoms with Crippen LogP contribution in [-0.2, 0) is 4.79 Å². The lowest BCUT2D eigenvalue weighted by atomic mass is 10.0. The Labute approximate surface area is 256 Å². The van der Waals surface area contributed by atoms with Crippen molar-refractivity contribution in [2.24, 2.45) is 10.9 Å². The van der Waals surface area contributed by atoms with Gasteiger partial charge in [-0.3, -0.25) is 4.79 Å². The van der Waals surface area contributed by atoms with E-state index >= 15 is 0 Å². The Balaban J connectivity index is 1.06. The Hall–Kier alpha value is -4.19. The molecular weight excluding hydrogens is 594 g/mol. The van der Waals surface area contributed by atoms with Crippen molar-refractivity contribution in [2.45, 2.75) is 44.9 Å². The zero-order valence-electron chi connectivity index (χ0n) is 24.0. The Bertz CT molecular complexity index is 1690. The fourth-order valence-corrected chi connectivity index (χ4v) is 6.38. The van der Waals surface area contributed by atoms with E-state index in [9.17, 15) is 22.4 Å². The molecule has 12 heteroatoms. The van der Waals surface area contributed by atoms with Crippen LogP contribution in [0.5, 0.6) is 5.75 Å². The Morgan fingerprint density at radius 3 is 2.55 bits per heavy atom. The fourth-order valence-electron chi connectivity index (χ4n) is 5.41. The van der Waals surface area contributed by atoms with Gasteiger partial charge in [-0.05, 0) is 77.8 Å². The van der Waals surface area contributed by atoms with Gasteiger partial charge in [0, 0.05) is 30.0 Å². The van der Waals surface area contributed by atoms with Gasteiger partial charge < -0.3 is 9.64 Å². The molecule has 1 saturated carbocycles. The summed E-state index contributed by atoms with van der Waals surface area (Å²) in [4.78, 5) is 23.8. The van der Waals surface area contributed by atoms with Crippen LogP contribution in [0.2, 0.25) is 0 Å². The molecule has 3 aromatic carbocycles. The number of hydrogen-bond acceptors (Lipinski definition) is 5. The number of aromatic nitrogens is 3. The molecule has 7 nitrogen and oxygen atoms in total. The van der Waals surface area contributed by atoms with E-state index in [-0.39, 0.29) is 35.2 Å². The molecule has 228 valence electrons. The van der Waals surface area contributed by atoms with E-state index in [0.29, 0.717) is 23.1 Å². The lowest BCUT2D eigenvalue weighted by Crippen LogP contribution is -2.26. The van der Waals surface area contributed by atoms with Crippen molar-refractivity contribution < 1.29 is 27.1 Å². The zero-order chi connectivity index (χ0) is 31.0. The van der Waals surface area contributed by atoms with Gasteiger partial charge in [-0.1, -0.05) is 49.9 Å². The molecule has 2 atom stereocenters. The molecule has 0 N–H and O–H groups in total. The van der Waals surface area contributed by atoms with Gasteiger partial charge in [-0.25, -0.2) is 14.1 Å². The van der Waals surface area contributed by atoms with E-state index in [1.54, 1.807) is 23.9 Å². The van der Waals surface area contributed by atoms with Gasteiger partial charge >= 0.3 is 6.36 Å². The highest BCUT2D eigenvalue weighted by atomic mass is 32.2. The maximum atomic E-state index is 13.9. The van der Waals surface area contributed by atoms with Gasteiger partial charge in [0.05, 0.1) is 5.69 Å². The first-order chi connectivity index (χ1) is 21.0. The highest BCUT2D eigenvalue weighted by Gasteiger charge is 2.40. The summed E-state index contributed by atoms with van der Waals surface area (Å²) in [5.41, 5.74) is 4.26. The molecule has 2 heterocycles. The third-order valence-electron chi connectivity index (χ3n) is 7.68. The fraction of sp³-hybridized carbons (Fsp3) is 0.312. The number of halogens is 4. The molecule has 0 radical (unpaired) electrons. The summed E-state index contributed by atoms with van der Waals surface area (Å²) in [6, 6.07) is 18.0. The van der Waals surface area contributed by atoms with Crippen molar-refractivity contribution in [3.8, 4) is 22.8 Å². The monoisotopic (exact) mass is 623 g/mol. The van der Waals surface area contributed by atoms with Crippen molar-refractivity contribution in [2.75, 3.05) is 17.2 Å². The summed E-state index contributed by atoms with van der Waals surface area (Å²) >= 11 is 1.55. The Kier molecular flexibility index (Phi) is 8.19. The van der Waals surface area contributed by atoms with Crippen molar-refractivity contribution in [1.82, 2.24) is 14.8 Å². The first-order valence-corrected chi connectivity index (χ1v) is 15.2. The molecule has 4 aromatic rings. The zero-order valence-corrected chi connectivity index (χ0v) is 24.8.